The zero-order valence-electron chi connectivity index (χ0n) is 9.12. The number of allylic oxidation sites excluding steroid dienone is 2. The van der Waals surface area contributed by atoms with Gasteiger partial charge in [0.2, 0.25) is 0 Å². The third-order valence-electron chi connectivity index (χ3n) is 2.95. The van der Waals surface area contributed by atoms with Crippen LogP contribution in [0.2, 0.25) is 0 Å². The van der Waals surface area contributed by atoms with Crippen LogP contribution in [0.1, 0.15) is 56.0 Å². The fraction of sp³-hybridized carbons (Fsp3) is 0.400. The van der Waals surface area contributed by atoms with Crippen molar-refractivity contribution < 1.29 is 4.79 Å². The van der Waals surface area contributed by atoms with Gasteiger partial charge in [0.15, 0.2) is 5.78 Å². The SMILES string of the molecule is C.CC(=O)c1ccc(C2=CCCCC2)cc1. The maximum atomic E-state index is 11.1. The topological polar surface area (TPSA) is 17.1 Å². The second kappa shape index (κ2) is 5.64. The number of rotatable bonds is 2. The molecule has 0 atom stereocenters. The monoisotopic (exact) mass is 216 g/mol. The second-order valence-corrected chi connectivity index (χ2v) is 4.11. The number of ketones is 1. The summed E-state index contributed by atoms with van der Waals surface area (Å²) in [4.78, 5) is 11.1. The van der Waals surface area contributed by atoms with Crippen LogP contribution in [-0.2, 0) is 0 Å². The van der Waals surface area contributed by atoms with Gasteiger partial charge in [0.25, 0.3) is 0 Å². The molecule has 1 heteroatoms. The number of benzene rings is 1. The molecule has 1 aromatic carbocycles. The van der Waals surface area contributed by atoms with Gasteiger partial charge in [0.05, 0.1) is 0 Å². The summed E-state index contributed by atoms with van der Waals surface area (Å²) in [6.07, 6.45) is 7.31. The van der Waals surface area contributed by atoms with E-state index >= 15 is 0 Å². The van der Waals surface area contributed by atoms with Crippen LogP contribution in [0.4, 0.5) is 0 Å². The summed E-state index contributed by atoms with van der Waals surface area (Å²) >= 11 is 0. The molecule has 2 rings (SSSR count). The standard InChI is InChI=1S/C14H16O.CH4/c1-11(15)12-7-9-14(10-8-12)13-5-3-2-4-6-13;/h5,7-10H,2-4,6H2,1H3;1H4. The maximum absolute atomic E-state index is 11.1. The summed E-state index contributed by atoms with van der Waals surface area (Å²) in [5, 5.41) is 0. The van der Waals surface area contributed by atoms with Crippen LogP contribution in [0.5, 0.6) is 0 Å². The summed E-state index contributed by atoms with van der Waals surface area (Å²) in [6.45, 7) is 1.61. The van der Waals surface area contributed by atoms with Gasteiger partial charge < -0.3 is 0 Å². The highest BCUT2D eigenvalue weighted by molar-refractivity contribution is 5.94. The molecule has 0 fully saturated rings. The van der Waals surface area contributed by atoms with Crippen molar-refractivity contribution in [3.8, 4) is 0 Å². The summed E-state index contributed by atoms with van der Waals surface area (Å²) in [5.41, 5.74) is 3.52. The van der Waals surface area contributed by atoms with E-state index < -0.39 is 0 Å². The van der Waals surface area contributed by atoms with Gasteiger partial charge in [-0.15, -0.1) is 0 Å². The Morgan fingerprint density at radius 2 is 1.81 bits per heavy atom. The Morgan fingerprint density at radius 1 is 1.12 bits per heavy atom. The molecule has 16 heavy (non-hydrogen) atoms. The fourth-order valence-electron chi connectivity index (χ4n) is 2.02. The molecule has 0 aliphatic heterocycles. The van der Waals surface area contributed by atoms with Crippen LogP contribution in [0.25, 0.3) is 5.57 Å². The molecule has 0 unspecified atom stereocenters. The van der Waals surface area contributed by atoms with E-state index in [4.69, 9.17) is 0 Å². The molecule has 0 spiro atoms. The lowest BCUT2D eigenvalue weighted by molar-refractivity contribution is 0.101. The quantitative estimate of drug-likeness (QED) is 0.666. The Labute approximate surface area is 98.2 Å². The maximum Gasteiger partial charge on any atom is 0.159 e. The molecular weight excluding hydrogens is 196 g/mol. The van der Waals surface area contributed by atoms with Crippen molar-refractivity contribution in [2.45, 2.75) is 40.0 Å². The molecule has 0 saturated carbocycles. The first-order valence-electron chi connectivity index (χ1n) is 5.58. The number of hydrogen-bond acceptors (Lipinski definition) is 1. The van der Waals surface area contributed by atoms with Crippen LogP contribution >= 0.6 is 0 Å². The molecule has 0 saturated heterocycles. The predicted octanol–water partition coefficient (Wildman–Crippen LogP) is 4.48. The first kappa shape index (κ1) is 12.7. The van der Waals surface area contributed by atoms with E-state index in [1.807, 2.05) is 12.1 Å². The molecule has 1 aromatic rings. The van der Waals surface area contributed by atoms with E-state index in [1.54, 1.807) is 6.92 Å². The van der Waals surface area contributed by atoms with Gasteiger partial charge >= 0.3 is 0 Å². The van der Waals surface area contributed by atoms with Crippen molar-refractivity contribution in [2.24, 2.45) is 0 Å². The minimum absolute atomic E-state index is 0. The van der Waals surface area contributed by atoms with Gasteiger partial charge in [-0.2, -0.15) is 0 Å². The summed E-state index contributed by atoms with van der Waals surface area (Å²) in [6, 6.07) is 7.97. The smallest absolute Gasteiger partial charge is 0.159 e. The molecule has 1 aliphatic carbocycles. The summed E-state index contributed by atoms with van der Waals surface area (Å²) < 4.78 is 0. The summed E-state index contributed by atoms with van der Waals surface area (Å²) in [7, 11) is 0. The van der Waals surface area contributed by atoms with E-state index in [-0.39, 0.29) is 13.2 Å². The molecule has 0 N–H and O–H groups in total. The zero-order chi connectivity index (χ0) is 10.7. The lowest BCUT2D eigenvalue weighted by Gasteiger charge is -2.12. The van der Waals surface area contributed by atoms with E-state index in [0.29, 0.717) is 0 Å². The third-order valence-corrected chi connectivity index (χ3v) is 2.95. The van der Waals surface area contributed by atoms with Crippen LogP contribution < -0.4 is 0 Å². The van der Waals surface area contributed by atoms with Gasteiger partial charge in [-0.3, -0.25) is 4.79 Å². The molecular formula is C15H20O. The molecule has 1 nitrogen and oxygen atoms in total. The molecule has 0 radical (unpaired) electrons. The van der Waals surface area contributed by atoms with E-state index in [2.05, 4.69) is 18.2 Å². The Kier molecular flexibility index (Phi) is 4.48. The lowest BCUT2D eigenvalue weighted by atomic mass is 9.93. The number of hydrogen-bond donors (Lipinski definition) is 0. The Balaban J connectivity index is 0.00000128. The van der Waals surface area contributed by atoms with Crippen LogP contribution in [0.3, 0.4) is 0 Å². The van der Waals surface area contributed by atoms with Crippen molar-refractivity contribution in [3.63, 3.8) is 0 Å². The number of carbonyl (C=O) groups excluding carboxylic acids is 1. The molecule has 86 valence electrons. The predicted molar refractivity (Wildman–Crippen MR) is 69.6 cm³/mol. The van der Waals surface area contributed by atoms with Crippen LogP contribution in [0.15, 0.2) is 30.3 Å². The largest absolute Gasteiger partial charge is 0.295 e. The minimum atomic E-state index is 0. The van der Waals surface area contributed by atoms with Gasteiger partial charge in [-0.25, -0.2) is 0 Å². The first-order valence-corrected chi connectivity index (χ1v) is 5.58. The third kappa shape index (κ3) is 2.82. The zero-order valence-corrected chi connectivity index (χ0v) is 9.12. The van der Waals surface area contributed by atoms with E-state index in [9.17, 15) is 4.79 Å². The van der Waals surface area contributed by atoms with Crippen LogP contribution in [-0.4, -0.2) is 5.78 Å². The summed E-state index contributed by atoms with van der Waals surface area (Å²) in [5.74, 6) is 0.138. The minimum Gasteiger partial charge on any atom is -0.295 e. The molecule has 0 aromatic heterocycles. The lowest BCUT2D eigenvalue weighted by Crippen LogP contribution is -1.94. The van der Waals surface area contributed by atoms with Crippen molar-refractivity contribution in [3.05, 3.63) is 41.5 Å². The second-order valence-electron chi connectivity index (χ2n) is 4.11. The average molecular weight is 216 g/mol. The van der Waals surface area contributed by atoms with Gasteiger partial charge in [0, 0.05) is 5.56 Å². The van der Waals surface area contributed by atoms with Gasteiger partial charge in [-0.1, -0.05) is 37.8 Å². The highest BCUT2D eigenvalue weighted by Gasteiger charge is 2.06. The highest BCUT2D eigenvalue weighted by Crippen LogP contribution is 2.26. The van der Waals surface area contributed by atoms with Crippen molar-refractivity contribution >= 4 is 11.4 Å². The molecule has 0 amide bonds. The van der Waals surface area contributed by atoms with Crippen LogP contribution in [0, 0.1) is 0 Å². The number of carbonyl (C=O) groups is 1. The Morgan fingerprint density at radius 3 is 2.31 bits per heavy atom. The Bertz CT molecular complexity index is 384. The normalized spacial score (nSPS) is 14.9. The average Bonchev–Trinajstić information content (AvgIpc) is 2.30. The van der Waals surface area contributed by atoms with E-state index in [0.717, 1.165) is 5.56 Å². The van der Waals surface area contributed by atoms with Crippen molar-refractivity contribution in [1.29, 1.82) is 0 Å². The molecule has 0 heterocycles. The first-order chi connectivity index (χ1) is 7.27. The van der Waals surface area contributed by atoms with Crippen molar-refractivity contribution in [1.82, 2.24) is 0 Å². The van der Waals surface area contributed by atoms with Gasteiger partial charge in [-0.05, 0) is 43.7 Å². The van der Waals surface area contributed by atoms with Gasteiger partial charge in [0.1, 0.15) is 0 Å². The number of Topliss-reactive ketones (excluding diaryl/α,β-unsaturated/α-hetero) is 1. The van der Waals surface area contributed by atoms with Crippen molar-refractivity contribution in [2.75, 3.05) is 0 Å². The Hall–Kier alpha value is -1.37. The van der Waals surface area contributed by atoms with E-state index in [1.165, 1.54) is 36.8 Å². The molecule has 0 bridgehead atoms. The highest BCUT2D eigenvalue weighted by atomic mass is 16.1. The molecule has 1 aliphatic rings. The fourth-order valence-corrected chi connectivity index (χ4v) is 2.02.